The minimum atomic E-state index is -0.659. The fourth-order valence-electron chi connectivity index (χ4n) is 2.47. The van der Waals surface area contributed by atoms with Crippen LogP contribution in [-0.2, 0) is 14.3 Å². The van der Waals surface area contributed by atoms with Crippen LogP contribution in [0.15, 0.2) is 52.5 Å². The molecule has 0 fully saturated rings. The first-order valence-electron chi connectivity index (χ1n) is 8.64. The lowest BCUT2D eigenvalue weighted by atomic mass is 10.1. The maximum absolute atomic E-state index is 12.4. The summed E-state index contributed by atoms with van der Waals surface area (Å²) in [6.45, 7) is 1.35. The molecular formula is C20H18N2O6S. The van der Waals surface area contributed by atoms with Crippen molar-refractivity contribution in [2.75, 3.05) is 24.3 Å². The van der Waals surface area contributed by atoms with Crippen LogP contribution in [-0.4, -0.2) is 31.1 Å². The Morgan fingerprint density at radius 3 is 2.52 bits per heavy atom. The van der Waals surface area contributed by atoms with Gasteiger partial charge in [-0.15, -0.1) is 11.3 Å². The standard InChI is InChI=1S/C20H18N2O6S/c1-2-26-20(25)17-14(15-4-3-9-27-15)11-29-18(17)22-16(23)10-28-19(24)12-5-7-13(21)8-6-12/h3-9,11H,2,10,21H2,1H3,(H,22,23). The van der Waals surface area contributed by atoms with Gasteiger partial charge in [0.05, 0.1) is 18.4 Å². The minimum absolute atomic E-state index is 0.179. The molecule has 1 amide bonds. The van der Waals surface area contributed by atoms with Gasteiger partial charge in [0.2, 0.25) is 0 Å². The molecule has 0 bridgehead atoms. The Hall–Kier alpha value is -3.59. The predicted molar refractivity (Wildman–Crippen MR) is 108 cm³/mol. The van der Waals surface area contributed by atoms with Crippen LogP contribution in [0.3, 0.4) is 0 Å². The third-order valence-electron chi connectivity index (χ3n) is 3.79. The van der Waals surface area contributed by atoms with Crippen molar-refractivity contribution in [1.82, 2.24) is 0 Å². The normalized spacial score (nSPS) is 10.4. The number of hydrogen-bond donors (Lipinski definition) is 2. The second kappa shape index (κ2) is 9.07. The van der Waals surface area contributed by atoms with Gasteiger partial charge < -0.3 is 24.9 Å². The summed E-state index contributed by atoms with van der Waals surface area (Å²) in [4.78, 5) is 36.7. The topological polar surface area (TPSA) is 121 Å². The van der Waals surface area contributed by atoms with E-state index >= 15 is 0 Å². The highest BCUT2D eigenvalue weighted by Gasteiger charge is 2.24. The molecule has 0 saturated carbocycles. The highest BCUT2D eigenvalue weighted by atomic mass is 32.1. The summed E-state index contributed by atoms with van der Waals surface area (Å²) in [5.41, 5.74) is 7.05. The van der Waals surface area contributed by atoms with E-state index < -0.39 is 24.5 Å². The van der Waals surface area contributed by atoms with Crippen LogP contribution >= 0.6 is 11.3 Å². The molecule has 29 heavy (non-hydrogen) atoms. The van der Waals surface area contributed by atoms with Crippen LogP contribution in [0.5, 0.6) is 0 Å². The molecule has 0 aliphatic carbocycles. The predicted octanol–water partition coefficient (Wildman–Crippen LogP) is 3.56. The molecule has 0 saturated heterocycles. The van der Waals surface area contributed by atoms with Crippen LogP contribution in [0.25, 0.3) is 11.3 Å². The number of carbonyl (C=O) groups is 3. The van der Waals surface area contributed by atoms with Gasteiger partial charge in [0.15, 0.2) is 6.61 Å². The largest absolute Gasteiger partial charge is 0.464 e. The van der Waals surface area contributed by atoms with Gasteiger partial charge >= 0.3 is 11.9 Å². The lowest BCUT2D eigenvalue weighted by Crippen LogP contribution is -2.21. The van der Waals surface area contributed by atoms with E-state index in [1.54, 1.807) is 36.6 Å². The van der Waals surface area contributed by atoms with E-state index in [1.807, 2.05) is 0 Å². The number of ether oxygens (including phenoxy) is 2. The monoisotopic (exact) mass is 414 g/mol. The number of benzene rings is 1. The highest BCUT2D eigenvalue weighted by molar-refractivity contribution is 7.15. The van der Waals surface area contributed by atoms with Gasteiger partial charge in [-0.3, -0.25) is 4.79 Å². The molecule has 0 spiro atoms. The zero-order chi connectivity index (χ0) is 20.8. The molecule has 0 radical (unpaired) electrons. The molecule has 3 rings (SSSR count). The Kier molecular flexibility index (Phi) is 6.30. The SMILES string of the molecule is CCOC(=O)c1c(-c2ccco2)csc1NC(=O)COC(=O)c1ccc(N)cc1. The Bertz CT molecular complexity index is 1010. The van der Waals surface area contributed by atoms with Crippen molar-refractivity contribution in [3.05, 3.63) is 59.2 Å². The molecule has 1 aromatic carbocycles. The number of hydrogen-bond acceptors (Lipinski definition) is 8. The third kappa shape index (κ3) is 4.82. The summed E-state index contributed by atoms with van der Waals surface area (Å²) >= 11 is 1.14. The minimum Gasteiger partial charge on any atom is -0.464 e. The van der Waals surface area contributed by atoms with Crippen LogP contribution in [0.1, 0.15) is 27.6 Å². The molecule has 3 N–H and O–H groups in total. The summed E-state index contributed by atoms with van der Waals surface area (Å²) < 4.78 is 15.5. The van der Waals surface area contributed by atoms with Gasteiger partial charge in [-0.25, -0.2) is 9.59 Å². The number of nitrogens with one attached hydrogen (secondary N) is 1. The summed E-state index contributed by atoms with van der Waals surface area (Å²) in [5, 5.41) is 4.55. The third-order valence-corrected chi connectivity index (χ3v) is 4.69. The van der Waals surface area contributed by atoms with Crippen molar-refractivity contribution < 1.29 is 28.3 Å². The van der Waals surface area contributed by atoms with Gasteiger partial charge in [0, 0.05) is 16.6 Å². The number of rotatable bonds is 7. The second-order valence-electron chi connectivity index (χ2n) is 5.80. The van der Waals surface area contributed by atoms with Crippen LogP contribution in [0, 0.1) is 0 Å². The Labute approximate surface area is 170 Å². The molecule has 9 heteroatoms. The number of thiophene rings is 1. The van der Waals surface area contributed by atoms with E-state index in [2.05, 4.69) is 5.32 Å². The van der Waals surface area contributed by atoms with Crippen molar-refractivity contribution in [2.45, 2.75) is 6.92 Å². The summed E-state index contributed by atoms with van der Waals surface area (Å²) in [6.07, 6.45) is 1.48. The summed E-state index contributed by atoms with van der Waals surface area (Å²) in [7, 11) is 0. The van der Waals surface area contributed by atoms with Gasteiger partial charge in [-0.05, 0) is 43.3 Å². The summed E-state index contributed by atoms with van der Waals surface area (Å²) in [6, 6.07) is 9.52. The molecule has 150 valence electrons. The Morgan fingerprint density at radius 2 is 1.86 bits per heavy atom. The quantitative estimate of drug-likeness (QED) is 0.448. The molecule has 2 heterocycles. The van der Waals surface area contributed by atoms with Crippen LogP contribution in [0.2, 0.25) is 0 Å². The molecular weight excluding hydrogens is 396 g/mol. The van der Waals surface area contributed by atoms with E-state index in [4.69, 9.17) is 19.6 Å². The first kappa shape index (κ1) is 20.2. The van der Waals surface area contributed by atoms with E-state index in [9.17, 15) is 14.4 Å². The number of esters is 2. The Balaban J connectivity index is 1.70. The average molecular weight is 414 g/mol. The van der Waals surface area contributed by atoms with Crippen molar-refractivity contribution in [3.8, 4) is 11.3 Å². The number of nitrogen functional groups attached to an aromatic ring is 1. The second-order valence-corrected chi connectivity index (χ2v) is 6.68. The summed E-state index contributed by atoms with van der Waals surface area (Å²) in [5.74, 6) is -1.37. The average Bonchev–Trinajstić information content (AvgIpc) is 3.36. The van der Waals surface area contributed by atoms with E-state index in [0.717, 1.165) is 11.3 Å². The smallest absolute Gasteiger partial charge is 0.341 e. The van der Waals surface area contributed by atoms with Crippen molar-refractivity contribution >= 4 is 39.9 Å². The number of nitrogens with two attached hydrogens (primary N) is 1. The zero-order valence-electron chi connectivity index (χ0n) is 15.5. The maximum atomic E-state index is 12.4. The first-order chi connectivity index (χ1) is 14.0. The fourth-order valence-corrected chi connectivity index (χ4v) is 3.42. The molecule has 2 aromatic heterocycles. The maximum Gasteiger partial charge on any atom is 0.341 e. The number of furan rings is 1. The van der Waals surface area contributed by atoms with Crippen molar-refractivity contribution in [2.24, 2.45) is 0 Å². The van der Waals surface area contributed by atoms with Crippen molar-refractivity contribution in [3.63, 3.8) is 0 Å². The van der Waals surface area contributed by atoms with Gasteiger partial charge in [-0.2, -0.15) is 0 Å². The van der Waals surface area contributed by atoms with E-state index in [1.165, 1.54) is 18.4 Å². The zero-order valence-corrected chi connectivity index (χ0v) is 16.3. The number of anilines is 2. The number of amides is 1. The van der Waals surface area contributed by atoms with Crippen LogP contribution in [0.4, 0.5) is 10.7 Å². The lowest BCUT2D eigenvalue weighted by molar-refractivity contribution is -0.119. The molecule has 8 nitrogen and oxygen atoms in total. The Morgan fingerprint density at radius 1 is 1.10 bits per heavy atom. The van der Waals surface area contributed by atoms with Crippen LogP contribution < -0.4 is 11.1 Å². The van der Waals surface area contributed by atoms with Gasteiger partial charge in [-0.1, -0.05) is 0 Å². The number of carbonyl (C=O) groups excluding carboxylic acids is 3. The highest BCUT2D eigenvalue weighted by Crippen LogP contribution is 2.36. The molecule has 0 aliphatic heterocycles. The van der Waals surface area contributed by atoms with E-state index in [0.29, 0.717) is 17.0 Å². The van der Waals surface area contributed by atoms with Crippen molar-refractivity contribution in [1.29, 1.82) is 0 Å². The van der Waals surface area contributed by atoms with E-state index in [-0.39, 0.29) is 22.7 Å². The fraction of sp³-hybridized carbons (Fsp3) is 0.150. The van der Waals surface area contributed by atoms with Gasteiger partial charge in [0.1, 0.15) is 16.3 Å². The molecule has 3 aromatic rings. The molecule has 0 atom stereocenters. The molecule has 0 aliphatic rings. The first-order valence-corrected chi connectivity index (χ1v) is 9.52. The lowest BCUT2D eigenvalue weighted by Gasteiger charge is -2.08. The molecule has 0 unspecified atom stereocenters. The van der Waals surface area contributed by atoms with Gasteiger partial charge in [0.25, 0.3) is 5.91 Å².